The van der Waals surface area contributed by atoms with Gasteiger partial charge in [0.2, 0.25) is 0 Å². The molecule has 2 heterocycles. The zero-order valence-corrected chi connectivity index (χ0v) is 13.3. The topological polar surface area (TPSA) is 38.7 Å². The summed E-state index contributed by atoms with van der Waals surface area (Å²) in [5, 5.41) is 9.56. The molecule has 0 bridgehead atoms. The van der Waals surface area contributed by atoms with Gasteiger partial charge in [0.25, 0.3) is 0 Å². The van der Waals surface area contributed by atoms with Crippen LogP contribution in [0.5, 0.6) is 0 Å². The van der Waals surface area contributed by atoms with Gasteiger partial charge in [0, 0.05) is 23.7 Å². The molecule has 0 unspecified atom stereocenters. The highest BCUT2D eigenvalue weighted by atomic mass is 32.2. The summed E-state index contributed by atoms with van der Waals surface area (Å²) in [6.45, 7) is 2.16. The van der Waals surface area contributed by atoms with Crippen LogP contribution in [0.2, 0.25) is 0 Å². The summed E-state index contributed by atoms with van der Waals surface area (Å²) in [4.78, 5) is 4.12. The van der Waals surface area contributed by atoms with Gasteiger partial charge in [0.05, 0.1) is 5.69 Å². The van der Waals surface area contributed by atoms with E-state index in [1.807, 2.05) is 24.4 Å². The molecule has 2 aromatic heterocycles. The molecule has 0 atom stereocenters. The summed E-state index contributed by atoms with van der Waals surface area (Å²) in [5.41, 5.74) is 4.54. The van der Waals surface area contributed by atoms with E-state index in [0.29, 0.717) is 0 Å². The van der Waals surface area contributed by atoms with E-state index in [1.165, 1.54) is 11.1 Å². The minimum absolute atomic E-state index is 0.854. The third-order valence-corrected chi connectivity index (χ3v) is 4.40. The maximum absolute atomic E-state index is 4.33. The molecule has 110 valence electrons. The van der Waals surface area contributed by atoms with Crippen LogP contribution in [0.15, 0.2) is 66.0 Å². The number of rotatable bonds is 5. The summed E-state index contributed by atoms with van der Waals surface area (Å²) >= 11 is 1.67. The lowest BCUT2D eigenvalue weighted by Crippen LogP contribution is -1.90. The van der Waals surface area contributed by atoms with Crippen LogP contribution in [0.4, 0.5) is 0 Å². The lowest BCUT2D eigenvalue weighted by molar-refractivity contribution is 0.935. The summed E-state index contributed by atoms with van der Waals surface area (Å²) < 4.78 is 0. The minimum Gasteiger partial charge on any atom is -0.264 e. The van der Waals surface area contributed by atoms with Gasteiger partial charge in [-0.3, -0.25) is 4.98 Å². The van der Waals surface area contributed by atoms with Crippen LogP contribution in [0.25, 0.3) is 11.3 Å². The second kappa shape index (κ2) is 7.18. The van der Waals surface area contributed by atoms with Gasteiger partial charge in [-0.25, -0.2) is 0 Å². The molecular weight excluding hydrogens is 290 g/mol. The van der Waals surface area contributed by atoms with Crippen LogP contribution >= 0.6 is 11.8 Å². The fourth-order valence-corrected chi connectivity index (χ4v) is 2.85. The molecule has 3 rings (SSSR count). The van der Waals surface area contributed by atoms with Gasteiger partial charge >= 0.3 is 0 Å². The van der Waals surface area contributed by atoms with Gasteiger partial charge in [-0.15, -0.1) is 10.2 Å². The van der Waals surface area contributed by atoms with E-state index in [1.54, 1.807) is 18.0 Å². The quantitative estimate of drug-likeness (QED) is 0.655. The second-order valence-electron chi connectivity index (χ2n) is 4.96. The average molecular weight is 307 g/mol. The molecule has 1 aromatic carbocycles. The molecule has 0 radical (unpaired) electrons. The smallest absolute Gasteiger partial charge is 0.119 e. The molecule has 0 amide bonds. The molecule has 0 aliphatic rings. The van der Waals surface area contributed by atoms with Gasteiger partial charge in [-0.2, -0.15) is 0 Å². The zero-order valence-electron chi connectivity index (χ0n) is 12.4. The first-order valence-corrected chi connectivity index (χ1v) is 8.28. The molecule has 0 aliphatic carbocycles. The van der Waals surface area contributed by atoms with Crippen molar-refractivity contribution in [2.45, 2.75) is 24.1 Å². The van der Waals surface area contributed by atoms with Crippen LogP contribution in [0.1, 0.15) is 18.1 Å². The summed E-state index contributed by atoms with van der Waals surface area (Å²) in [7, 11) is 0. The van der Waals surface area contributed by atoms with Crippen molar-refractivity contribution in [3.05, 3.63) is 72.1 Å². The number of aryl methyl sites for hydroxylation is 1. The minimum atomic E-state index is 0.854. The fourth-order valence-electron chi connectivity index (χ4n) is 2.10. The van der Waals surface area contributed by atoms with Crippen LogP contribution in [-0.2, 0) is 12.2 Å². The third kappa shape index (κ3) is 3.71. The molecule has 0 spiro atoms. The zero-order chi connectivity index (χ0) is 15.2. The van der Waals surface area contributed by atoms with Crippen molar-refractivity contribution in [2.75, 3.05) is 0 Å². The second-order valence-corrected chi connectivity index (χ2v) is 5.95. The number of nitrogens with zero attached hydrogens (tertiary/aromatic N) is 3. The van der Waals surface area contributed by atoms with E-state index < -0.39 is 0 Å². The molecule has 0 fully saturated rings. The Morgan fingerprint density at radius 3 is 2.41 bits per heavy atom. The van der Waals surface area contributed by atoms with E-state index in [-0.39, 0.29) is 0 Å². The van der Waals surface area contributed by atoms with Crippen molar-refractivity contribution in [1.29, 1.82) is 0 Å². The van der Waals surface area contributed by atoms with E-state index in [0.717, 1.165) is 28.5 Å². The van der Waals surface area contributed by atoms with Crippen molar-refractivity contribution in [1.82, 2.24) is 15.2 Å². The van der Waals surface area contributed by atoms with Crippen LogP contribution < -0.4 is 0 Å². The Kier molecular flexibility index (Phi) is 4.81. The maximum Gasteiger partial charge on any atom is 0.119 e. The first-order valence-electron chi connectivity index (χ1n) is 7.30. The van der Waals surface area contributed by atoms with Gasteiger partial charge in [-0.05, 0) is 35.7 Å². The van der Waals surface area contributed by atoms with Crippen molar-refractivity contribution in [3.8, 4) is 11.3 Å². The number of pyridine rings is 1. The Hall–Kier alpha value is -2.20. The fraction of sp³-hybridized carbons (Fsp3) is 0.167. The summed E-state index contributed by atoms with van der Waals surface area (Å²) in [6, 6.07) is 16.6. The number of thioether (sulfide) groups is 1. The number of hydrogen-bond acceptors (Lipinski definition) is 4. The van der Waals surface area contributed by atoms with E-state index in [2.05, 4.69) is 52.4 Å². The highest BCUT2D eigenvalue weighted by Crippen LogP contribution is 2.22. The van der Waals surface area contributed by atoms with Crippen molar-refractivity contribution < 1.29 is 0 Å². The van der Waals surface area contributed by atoms with Gasteiger partial charge in [0.1, 0.15) is 5.03 Å². The van der Waals surface area contributed by atoms with Crippen LogP contribution in [0.3, 0.4) is 0 Å². The molecule has 0 saturated carbocycles. The highest BCUT2D eigenvalue weighted by molar-refractivity contribution is 7.98. The van der Waals surface area contributed by atoms with Gasteiger partial charge in [-0.1, -0.05) is 49.0 Å². The van der Waals surface area contributed by atoms with Crippen LogP contribution in [-0.4, -0.2) is 15.2 Å². The molecule has 0 saturated heterocycles. The largest absolute Gasteiger partial charge is 0.264 e. The Balaban J connectivity index is 1.67. The highest BCUT2D eigenvalue weighted by Gasteiger charge is 2.02. The summed E-state index contributed by atoms with van der Waals surface area (Å²) in [5.74, 6) is 0.854. The molecule has 22 heavy (non-hydrogen) atoms. The molecular formula is C18H17N3S. The first-order chi connectivity index (χ1) is 10.8. The Morgan fingerprint density at radius 1 is 0.909 bits per heavy atom. The van der Waals surface area contributed by atoms with E-state index >= 15 is 0 Å². The molecule has 0 N–H and O–H groups in total. The predicted molar refractivity (Wildman–Crippen MR) is 90.6 cm³/mol. The Morgan fingerprint density at radius 2 is 1.77 bits per heavy atom. The summed E-state index contributed by atoms with van der Waals surface area (Å²) in [6.07, 6.45) is 4.71. The normalized spacial score (nSPS) is 10.6. The Labute approximate surface area is 134 Å². The monoisotopic (exact) mass is 307 g/mol. The maximum atomic E-state index is 4.33. The van der Waals surface area contributed by atoms with Crippen molar-refractivity contribution in [2.24, 2.45) is 0 Å². The van der Waals surface area contributed by atoms with Crippen LogP contribution in [0, 0.1) is 0 Å². The molecule has 3 nitrogen and oxygen atoms in total. The first kappa shape index (κ1) is 14.7. The van der Waals surface area contributed by atoms with Gasteiger partial charge < -0.3 is 0 Å². The van der Waals surface area contributed by atoms with Gasteiger partial charge in [0.15, 0.2) is 0 Å². The standard InChI is InChI=1S/C18H17N3S/c1-2-14-5-7-16(8-6-14)17-9-10-18(21-20-17)22-13-15-4-3-11-19-12-15/h3-12H,2,13H2,1H3. The number of benzene rings is 1. The average Bonchev–Trinajstić information content (AvgIpc) is 2.61. The lowest BCUT2D eigenvalue weighted by Gasteiger charge is -2.03. The van der Waals surface area contributed by atoms with E-state index in [9.17, 15) is 0 Å². The molecule has 3 aromatic rings. The van der Waals surface area contributed by atoms with E-state index in [4.69, 9.17) is 0 Å². The lowest BCUT2D eigenvalue weighted by atomic mass is 10.1. The Bertz CT molecular complexity index is 710. The number of hydrogen-bond donors (Lipinski definition) is 0. The van der Waals surface area contributed by atoms with Crippen molar-refractivity contribution in [3.63, 3.8) is 0 Å². The SMILES string of the molecule is CCc1ccc(-c2ccc(SCc3cccnc3)nn2)cc1. The molecule has 4 heteroatoms. The molecule has 0 aliphatic heterocycles. The van der Waals surface area contributed by atoms with Crippen molar-refractivity contribution >= 4 is 11.8 Å². The number of aromatic nitrogens is 3. The third-order valence-electron chi connectivity index (χ3n) is 3.41. The predicted octanol–water partition coefficient (Wildman–Crippen LogP) is 4.39.